The van der Waals surface area contributed by atoms with E-state index in [1.54, 1.807) is 0 Å². The maximum absolute atomic E-state index is 12.4. The summed E-state index contributed by atoms with van der Waals surface area (Å²) >= 11 is 0. The van der Waals surface area contributed by atoms with Gasteiger partial charge in [-0.1, -0.05) is 29.4 Å². The number of aliphatic carboxylic acids is 1. The number of hydrogen-bond acceptors (Lipinski definition) is 5. The van der Waals surface area contributed by atoms with E-state index >= 15 is 0 Å². The number of aromatic nitrogens is 2. The lowest BCUT2D eigenvalue weighted by atomic mass is 10.1. The van der Waals surface area contributed by atoms with E-state index in [4.69, 9.17) is 5.11 Å². The number of carbonyl (C=O) groups excluding carboxylic acids is 1. The predicted octanol–water partition coefficient (Wildman–Crippen LogP) is 1.50. The maximum atomic E-state index is 12.4. The van der Waals surface area contributed by atoms with Crippen molar-refractivity contribution < 1.29 is 32.4 Å². The Morgan fingerprint density at radius 3 is 2.39 bits per heavy atom. The first-order valence-electron chi connectivity index (χ1n) is 6.24. The van der Waals surface area contributed by atoms with Crippen LogP contribution in [0.15, 0.2) is 28.8 Å². The van der Waals surface area contributed by atoms with Crippen molar-refractivity contribution in [3.05, 3.63) is 35.7 Å². The van der Waals surface area contributed by atoms with E-state index in [0.29, 0.717) is 11.1 Å². The van der Waals surface area contributed by atoms with Crippen LogP contribution < -0.4 is 5.32 Å². The molecule has 1 aromatic carbocycles. The van der Waals surface area contributed by atoms with Crippen LogP contribution in [-0.4, -0.2) is 33.7 Å². The molecule has 1 amide bonds. The number of carbonyl (C=O) groups is 2. The molecule has 2 aromatic rings. The standard InChI is InChI=1S/C13H10F3N3O4/c14-13(15,16)12-18-11(19-23-12)8-3-1-7(2-4-8)5-9(20)17-6-10(21)22/h1-4H,5-6H2,(H,17,20)(H,21,22). The molecule has 0 saturated heterocycles. The molecular weight excluding hydrogens is 319 g/mol. The minimum atomic E-state index is -4.71. The Hall–Kier alpha value is -2.91. The number of nitrogens with one attached hydrogen (secondary N) is 1. The number of carboxylic acid groups (broad SMARTS) is 1. The summed E-state index contributed by atoms with van der Waals surface area (Å²) in [5.74, 6) is -3.31. The van der Waals surface area contributed by atoms with E-state index in [1.165, 1.54) is 24.3 Å². The van der Waals surface area contributed by atoms with Crippen molar-refractivity contribution in [2.45, 2.75) is 12.6 Å². The van der Waals surface area contributed by atoms with Gasteiger partial charge in [0.1, 0.15) is 6.54 Å². The summed E-state index contributed by atoms with van der Waals surface area (Å²) in [6.07, 6.45) is -4.78. The third-order valence-corrected chi connectivity index (χ3v) is 2.68. The van der Waals surface area contributed by atoms with Gasteiger partial charge in [0.05, 0.1) is 6.42 Å². The van der Waals surface area contributed by atoms with Crippen LogP contribution in [0.25, 0.3) is 11.4 Å². The molecule has 2 N–H and O–H groups in total. The van der Waals surface area contributed by atoms with E-state index in [-0.39, 0.29) is 12.2 Å². The van der Waals surface area contributed by atoms with Crippen molar-refractivity contribution in [1.82, 2.24) is 15.5 Å². The lowest BCUT2D eigenvalue weighted by molar-refractivity contribution is -0.159. The molecule has 0 aliphatic rings. The van der Waals surface area contributed by atoms with Crippen LogP contribution in [0.4, 0.5) is 13.2 Å². The molecule has 0 saturated carbocycles. The second kappa shape index (κ2) is 6.46. The second-order valence-corrected chi connectivity index (χ2v) is 4.47. The van der Waals surface area contributed by atoms with Gasteiger partial charge in [0.25, 0.3) is 0 Å². The molecular formula is C13H10F3N3O4. The van der Waals surface area contributed by atoms with Crippen LogP contribution in [0.1, 0.15) is 11.5 Å². The molecule has 0 atom stereocenters. The fourth-order valence-corrected chi connectivity index (χ4v) is 1.65. The fraction of sp³-hybridized carbons (Fsp3) is 0.231. The highest BCUT2D eigenvalue weighted by molar-refractivity contribution is 5.82. The van der Waals surface area contributed by atoms with Crippen LogP contribution in [0, 0.1) is 0 Å². The molecule has 0 spiro atoms. The van der Waals surface area contributed by atoms with Crippen molar-refractivity contribution in [3.63, 3.8) is 0 Å². The second-order valence-electron chi connectivity index (χ2n) is 4.47. The number of nitrogens with zero attached hydrogens (tertiary/aromatic N) is 2. The SMILES string of the molecule is O=C(O)CNC(=O)Cc1ccc(-c2noc(C(F)(F)F)n2)cc1. The van der Waals surface area contributed by atoms with E-state index in [0.717, 1.165) is 0 Å². The molecule has 0 aliphatic heterocycles. The first-order chi connectivity index (χ1) is 10.8. The van der Waals surface area contributed by atoms with Crippen LogP contribution in [0.2, 0.25) is 0 Å². The molecule has 0 radical (unpaired) electrons. The molecule has 10 heteroatoms. The third kappa shape index (κ3) is 4.53. The summed E-state index contributed by atoms with van der Waals surface area (Å²) in [4.78, 5) is 25.0. The van der Waals surface area contributed by atoms with E-state index in [9.17, 15) is 22.8 Å². The predicted molar refractivity (Wildman–Crippen MR) is 69.1 cm³/mol. The average molecular weight is 329 g/mol. The first-order valence-corrected chi connectivity index (χ1v) is 6.24. The van der Waals surface area contributed by atoms with Crippen molar-refractivity contribution in [2.24, 2.45) is 0 Å². The number of carboxylic acids is 1. The minimum Gasteiger partial charge on any atom is -0.480 e. The molecule has 7 nitrogen and oxygen atoms in total. The van der Waals surface area contributed by atoms with Crippen LogP contribution >= 0.6 is 0 Å². The molecule has 23 heavy (non-hydrogen) atoms. The zero-order valence-electron chi connectivity index (χ0n) is 11.4. The quantitative estimate of drug-likeness (QED) is 0.861. The van der Waals surface area contributed by atoms with Gasteiger partial charge >= 0.3 is 18.0 Å². The summed E-state index contributed by atoms with van der Waals surface area (Å²) in [6.45, 7) is -0.486. The third-order valence-electron chi connectivity index (χ3n) is 2.68. The van der Waals surface area contributed by atoms with Crippen molar-refractivity contribution in [1.29, 1.82) is 0 Å². The largest absolute Gasteiger partial charge is 0.480 e. The van der Waals surface area contributed by atoms with Gasteiger partial charge in [0, 0.05) is 5.56 Å². The normalized spacial score (nSPS) is 11.3. The molecule has 0 fully saturated rings. The minimum absolute atomic E-state index is 0.0619. The molecule has 0 bridgehead atoms. The topological polar surface area (TPSA) is 105 Å². The number of halogens is 3. The van der Waals surface area contributed by atoms with Gasteiger partial charge in [0.15, 0.2) is 0 Å². The van der Waals surface area contributed by atoms with Gasteiger partial charge in [-0.2, -0.15) is 18.2 Å². The molecule has 122 valence electrons. The summed E-state index contributed by atoms with van der Waals surface area (Å²) in [5.41, 5.74) is 0.843. The number of amides is 1. The molecule has 0 unspecified atom stereocenters. The number of benzene rings is 1. The van der Waals surface area contributed by atoms with Gasteiger partial charge in [-0.15, -0.1) is 0 Å². The van der Waals surface area contributed by atoms with Gasteiger partial charge in [-0.05, 0) is 5.56 Å². The number of rotatable bonds is 5. The van der Waals surface area contributed by atoms with Crippen molar-refractivity contribution in [3.8, 4) is 11.4 Å². The van der Waals surface area contributed by atoms with E-state index in [1.807, 2.05) is 0 Å². The van der Waals surface area contributed by atoms with Gasteiger partial charge < -0.3 is 14.9 Å². The van der Waals surface area contributed by atoms with E-state index < -0.39 is 30.5 Å². The lowest BCUT2D eigenvalue weighted by Gasteiger charge is -2.03. The summed E-state index contributed by atoms with van der Waals surface area (Å²) in [7, 11) is 0. The van der Waals surface area contributed by atoms with E-state index in [2.05, 4.69) is 20.0 Å². The maximum Gasteiger partial charge on any atom is 0.471 e. The Bertz CT molecular complexity index is 710. The zero-order valence-corrected chi connectivity index (χ0v) is 11.4. The van der Waals surface area contributed by atoms with Crippen LogP contribution in [-0.2, 0) is 22.2 Å². The Labute approximate surface area is 127 Å². The Balaban J connectivity index is 2.03. The fourth-order valence-electron chi connectivity index (χ4n) is 1.65. The lowest BCUT2D eigenvalue weighted by Crippen LogP contribution is -2.30. The smallest absolute Gasteiger partial charge is 0.471 e. The average Bonchev–Trinajstić information content (AvgIpc) is 2.96. The number of alkyl halides is 3. The van der Waals surface area contributed by atoms with Gasteiger partial charge in [0.2, 0.25) is 11.7 Å². The summed E-state index contributed by atoms with van der Waals surface area (Å²) < 4.78 is 41.2. The Morgan fingerprint density at radius 2 is 1.87 bits per heavy atom. The van der Waals surface area contributed by atoms with Gasteiger partial charge in [-0.25, -0.2) is 0 Å². The molecule has 1 heterocycles. The Morgan fingerprint density at radius 1 is 1.22 bits per heavy atom. The monoisotopic (exact) mass is 329 g/mol. The first kappa shape index (κ1) is 16.5. The molecule has 1 aromatic heterocycles. The van der Waals surface area contributed by atoms with Crippen molar-refractivity contribution in [2.75, 3.05) is 6.54 Å². The van der Waals surface area contributed by atoms with Crippen LogP contribution in [0.3, 0.4) is 0 Å². The number of hydrogen-bond donors (Lipinski definition) is 2. The highest BCUT2D eigenvalue weighted by atomic mass is 19.4. The summed E-state index contributed by atoms with van der Waals surface area (Å²) in [6, 6.07) is 5.87. The van der Waals surface area contributed by atoms with Crippen LogP contribution in [0.5, 0.6) is 0 Å². The molecule has 0 aliphatic carbocycles. The summed E-state index contributed by atoms with van der Waals surface area (Å²) in [5, 5.41) is 13.9. The Kier molecular flexibility index (Phi) is 4.63. The zero-order chi connectivity index (χ0) is 17.0. The molecule has 2 rings (SSSR count). The van der Waals surface area contributed by atoms with Crippen molar-refractivity contribution >= 4 is 11.9 Å². The highest BCUT2D eigenvalue weighted by Crippen LogP contribution is 2.29. The van der Waals surface area contributed by atoms with Gasteiger partial charge in [-0.3, -0.25) is 9.59 Å². The highest BCUT2D eigenvalue weighted by Gasteiger charge is 2.38.